The van der Waals surface area contributed by atoms with Crippen LogP contribution >= 0.6 is 11.6 Å². The van der Waals surface area contributed by atoms with Crippen molar-refractivity contribution >= 4 is 39.1 Å². The first-order chi connectivity index (χ1) is 17.4. The van der Waals surface area contributed by atoms with Crippen LogP contribution in [0.4, 0.5) is 5.69 Å². The quantitative estimate of drug-likeness (QED) is 0.404. The van der Waals surface area contributed by atoms with E-state index in [1.165, 1.54) is 30.2 Å². The van der Waals surface area contributed by atoms with Gasteiger partial charge in [0.25, 0.3) is 0 Å². The van der Waals surface area contributed by atoms with Crippen LogP contribution in [0.2, 0.25) is 5.02 Å². The Kier molecular flexibility index (Phi) is 11.1. The van der Waals surface area contributed by atoms with Crippen molar-refractivity contribution in [2.75, 3.05) is 31.3 Å². The Labute approximate surface area is 224 Å². The number of benzene rings is 2. The highest BCUT2D eigenvalue weighted by Gasteiger charge is 2.32. The van der Waals surface area contributed by atoms with E-state index in [-0.39, 0.29) is 29.2 Å². The van der Waals surface area contributed by atoms with Gasteiger partial charge in [-0.15, -0.1) is 0 Å². The summed E-state index contributed by atoms with van der Waals surface area (Å²) in [5, 5.41) is 3.14. The Morgan fingerprint density at radius 2 is 1.68 bits per heavy atom. The SMILES string of the molecule is CC[C@@H](C)NC(=O)[C@H](CC)N(Cc1ccc(OC)cc1)C(=O)CN(c1ccc(OC)c(Cl)c1)S(C)(=O)=O. The molecule has 0 aliphatic rings. The molecule has 2 atom stereocenters. The molecule has 0 heterocycles. The van der Waals surface area contributed by atoms with Crippen molar-refractivity contribution in [2.45, 2.75) is 52.2 Å². The molecule has 2 amide bonds. The molecule has 37 heavy (non-hydrogen) atoms. The lowest BCUT2D eigenvalue weighted by molar-refractivity contribution is -0.140. The molecule has 0 radical (unpaired) electrons. The minimum atomic E-state index is -3.87. The normalized spacial score (nSPS) is 12.8. The number of amides is 2. The van der Waals surface area contributed by atoms with Gasteiger partial charge in [0, 0.05) is 12.6 Å². The summed E-state index contributed by atoms with van der Waals surface area (Å²) in [6.45, 7) is 5.25. The van der Waals surface area contributed by atoms with E-state index >= 15 is 0 Å². The van der Waals surface area contributed by atoms with Gasteiger partial charge in [0.05, 0.1) is 31.2 Å². The van der Waals surface area contributed by atoms with Crippen LogP contribution in [-0.2, 0) is 26.2 Å². The maximum atomic E-state index is 13.7. The minimum Gasteiger partial charge on any atom is -0.497 e. The van der Waals surface area contributed by atoms with Crippen LogP contribution in [0, 0.1) is 0 Å². The molecule has 0 bridgehead atoms. The summed E-state index contributed by atoms with van der Waals surface area (Å²) >= 11 is 6.23. The van der Waals surface area contributed by atoms with Gasteiger partial charge in [-0.1, -0.05) is 37.6 Å². The number of halogens is 1. The first-order valence-electron chi connectivity index (χ1n) is 12.0. The van der Waals surface area contributed by atoms with Crippen LogP contribution in [0.15, 0.2) is 42.5 Å². The molecule has 0 spiro atoms. The second-order valence-electron chi connectivity index (χ2n) is 8.70. The summed E-state index contributed by atoms with van der Waals surface area (Å²) in [6, 6.07) is 10.7. The van der Waals surface area contributed by atoms with Crippen molar-refractivity contribution in [3.8, 4) is 11.5 Å². The highest BCUT2D eigenvalue weighted by atomic mass is 35.5. The van der Waals surface area contributed by atoms with Crippen LogP contribution in [0.3, 0.4) is 0 Å². The summed E-state index contributed by atoms with van der Waals surface area (Å²) in [5.74, 6) is 0.207. The maximum Gasteiger partial charge on any atom is 0.244 e. The van der Waals surface area contributed by atoms with E-state index < -0.39 is 28.5 Å². The molecule has 2 rings (SSSR count). The largest absolute Gasteiger partial charge is 0.497 e. The van der Waals surface area contributed by atoms with Gasteiger partial charge in [0.15, 0.2) is 0 Å². The Balaban J connectivity index is 2.46. The minimum absolute atomic E-state index is 0.0755. The standard InChI is InChI=1S/C26H36ClN3O6S/c1-7-18(3)28-26(32)23(8-2)29(16-19-9-12-21(35-4)13-10-19)25(31)17-30(37(6,33)34)20-11-14-24(36-5)22(27)15-20/h9-15,18,23H,7-8,16-17H2,1-6H3,(H,28,32)/t18-,23+/m1/s1. The molecule has 0 unspecified atom stereocenters. The van der Waals surface area contributed by atoms with E-state index in [4.69, 9.17) is 21.1 Å². The van der Waals surface area contributed by atoms with Gasteiger partial charge < -0.3 is 19.7 Å². The van der Waals surface area contributed by atoms with Crippen LogP contribution in [0.25, 0.3) is 0 Å². The Bertz CT molecular complexity index is 1170. The first kappa shape index (κ1) is 30.2. The topological polar surface area (TPSA) is 105 Å². The zero-order valence-corrected chi connectivity index (χ0v) is 23.7. The van der Waals surface area contributed by atoms with Crippen molar-refractivity contribution in [1.29, 1.82) is 0 Å². The molecular formula is C26H36ClN3O6S. The number of hydrogen-bond acceptors (Lipinski definition) is 6. The fourth-order valence-corrected chi connectivity index (χ4v) is 4.81. The van der Waals surface area contributed by atoms with Gasteiger partial charge in [-0.05, 0) is 55.7 Å². The lowest BCUT2D eigenvalue weighted by atomic mass is 10.1. The van der Waals surface area contributed by atoms with Crippen LogP contribution in [-0.4, -0.2) is 64.2 Å². The Morgan fingerprint density at radius 3 is 2.16 bits per heavy atom. The fraction of sp³-hybridized carbons (Fsp3) is 0.462. The van der Waals surface area contributed by atoms with E-state index in [0.717, 1.165) is 22.5 Å². The van der Waals surface area contributed by atoms with Crippen molar-refractivity contribution in [2.24, 2.45) is 0 Å². The van der Waals surface area contributed by atoms with Gasteiger partial charge >= 0.3 is 0 Å². The van der Waals surface area contributed by atoms with Crippen LogP contribution < -0.4 is 19.1 Å². The van der Waals surface area contributed by atoms with Crippen molar-refractivity contribution in [3.63, 3.8) is 0 Å². The summed E-state index contributed by atoms with van der Waals surface area (Å²) < 4.78 is 36.8. The number of methoxy groups -OCH3 is 2. The smallest absolute Gasteiger partial charge is 0.244 e. The average Bonchev–Trinajstić information content (AvgIpc) is 2.86. The molecule has 1 N–H and O–H groups in total. The number of ether oxygens (including phenoxy) is 2. The third kappa shape index (κ3) is 8.26. The van der Waals surface area contributed by atoms with Gasteiger partial charge in [0.2, 0.25) is 21.8 Å². The zero-order chi connectivity index (χ0) is 27.8. The molecule has 0 saturated heterocycles. The van der Waals surface area contributed by atoms with E-state index in [1.54, 1.807) is 31.4 Å². The van der Waals surface area contributed by atoms with Crippen LogP contribution in [0.5, 0.6) is 11.5 Å². The monoisotopic (exact) mass is 553 g/mol. The summed E-state index contributed by atoms with van der Waals surface area (Å²) in [4.78, 5) is 28.3. The molecular weight excluding hydrogens is 518 g/mol. The van der Waals surface area contributed by atoms with Gasteiger partial charge in [-0.2, -0.15) is 0 Å². The molecule has 0 fully saturated rings. The number of rotatable bonds is 13. The predicted molar refractivity (Wildman–Crippen MR) is 146 cm³/mol. The molecule has 9 nitrogen and oxygen atoms in total. The molecule has 0 aliphatic carbocycles. The summed E-state index contributed by atoms with van der Waals surface area (Å²) in [6.07, 6.45) is 2.09. The predicted octanol–water partition coefficient (Wildman–Crippen LogP) is 3.85. The zero-order valence-electron chi connectivity index (χ0n) is 22.2. The van der Waals surface area contributed by atoms with Gasteiger partial charge in [-0.25, -0.2) is 8.42 Å². The molecule has 2 aromatic carbocycles. The number of nitrogens with zero attached hydrogens (tertiary/aromatic N) is 2. The summed E-state index contributed by atoms with van der Waals surface area (Å²) in [7, 11) is -0.864. The van der Waals surface area contributed by atoms with E-state index in [9.17, 15) is 18.0 Å². The molecule has 204 valence electrons. The van der Waals surface area contributed by atoms with E-state index in [0.29, 0.717) is 17.9 Å². The highest BCUT2D eigenvalue weighted by Crippen LogP contribution is 2.30. The number of sulfonamides is 1. The second-order valence-corrected chi connectivity index (χ2v) is 11.0. The summed E-state index contributed by atoms with van der Waals surface area (Å²) in [5.41, 5.74) is 0.977. The third-order valence-electron chi connectivity index (χ3n) is 6.00. The molecule has 0 aliphatic heterocycles. The average molecular weight is 554 g/mol. The number of hydrogen-bond donors (Lipinski definition) is 1. The molecule has 2 aromatic rings. The van der Waals surface area contributed by atoms with Crippen molar-refractivity contribution in [1.82, 2.24) is 10.2 Å². The second kappa shape index (κ2) is 13.5. The maximum absolute atomic E-state index is 13.7. The fourth-order valence-electron chi connectivity index (χ4n) is 3.71. The molecule has 0 saturated carbocycles. The number of nitrogens with one attached hydrogen (secondary N) is 1. The lowest BCUT2D eigenvalue weighted by Gasteiger charge is -2.33. The molecule has 0 aromatic heterocycles. The number of carbonyl (C=O) groups is 2. The van der Waals surface area contributed by atoms with Gasteiger partial charge in [-0.3, -0.25) is 13.9 Å². The van der Waals surface area contributed by atoms with E-state index in [2.05, 4.69) is 5.32 Å². The number of anilines is 1. The number of carbonyl (C=O) groups excluding carboxylic acids is 2. The van der Waals surface area contributed by atoms with E-state index in [1.807, 2.05) is 20.8 Å². The third-order valence-corrected chi connectivity index (χ3v) is 7.44. The first-order valence-corrected chi connectivity index (χ1v) is 14.2. The van der Waals surface area contributed by atoms with Crippen molar-refractivity contribution in [3.05, 3.63) is 53.1 Å². The Morgan fingerprint density at radius 1 is 1.03 bits per heavy atom. The highest BCUT2D eigenvalue weighted by molar-refractivity contribution is 7.92. The Hall–Kier alpha value is -2.98. The lowest BCUT2D eigenvalue weighted by Crippen LogP contribution is -2.53. The molecule has 11 heteroatoms. The van der Waals surface area contributed by atoms with Crippen LogP contribution in [0.1, 0.15) is 39.2 Å². The van der Waals surface area contributed by atoms with Crippen molar-refractivity contribution < 1.29 is 27.5 Å². The van der Waals surface area contributed by atoms with Gasteiger partial charge in [0.1, 0.15) is 24.1 Å².